The Balaban J connectivity index is 1.33. The van der Waals surface area contributed by atoms with Crippen molar-refractivity contribution < 1.29 is 14.3 Å². The number of nitrogens with zero attached hydrogens (tertiary/aromatic N) is 1. The van der Waals surface area contributed by atoms with Crippen LogP contribution < -0.4 is 10.6 Å². The molecule has 0 bridgehead atoms. The number of aromatic nitrogens is 1. The number of anilines is 1. The highest BCUT2D eigenvalue weighted by molar-refractivity contribution is 6.04. The van der Waals surface area contributed by atoms with Gasteiger partial charge in [-0.05, 0) is 41.0 Å². The van der Waals surface area contributed by atoms with Crippen molar-refractivity contribution in [1.82, 2.24) is 10.3 Å². The molecule has 2 amide bonds. The van der Waals surface area contributed by atoms with E-state index in [0.717, 1.165) is 16.7 Å². The van der Waals surface area contributed by atoms with Crippen LogP contribution in [0.3, 0.4) is 0 Å². The summed E-state index contributed by atoms with van der Waals surface area (Å²) in [6.45, 7) is 0.245. The maximum atomic E-state index is 12.5. The first-order valence-electron chi connectivity index (χ1n) is 11.0. The number of carbonyl (C=O) groups excluding carboxylic acids is 2. The Morgan fingerprint density at radius 3 is 2.09 bits per heavy atom. The Labute approximate surface area is 198 Å². The van der Waals surface area contributed by atoms with Crippen LogP contribution in [0.2, 0.25) is 0 Å². The van der Waals surface area contributed by atoms with Crippen molar-refractivity contribution in [1.29, 1.82) is 0 Å². The molecule has 6 heteroatoms. The summed E-state index contributed by atoms with van der Waals surface area (Å²) in [4.78, 5) is 28.8. The minimum absolute atomic E-state index is 0.0765. The molecule has 4 rings (SSSR count). The Morgan fingerprint density at radius 2 is 1.44 bits per heavy atom. The van der Waals surface area contributed by atoms with E-state index in [0.29, 0.717) is 17.8 Å². The van der Waals surface area contributed by atoms with E-state index in [1.807, 2.05) is 78.9 Å². The van der Waals surface area contributed by atoms with Gasteiger partial charge < -0.3 is 15.4 Å². The van der Waals surface area contributed by atoms with Crippen LogP contribution in [0.25, 0.3) is 0 Å². The Hall–Kier alpha value is -4.29. The molecule has 170 valence electrons. The molecular formula is C28H25N3O3. The highest BCUT2D eigenvalue weighted by atomic mass is 16.5. The number of hydrogen-bond donors (Lipinski definition) is 2. The number of benzene rings is 3. The topological polar surface area (TPSA) is 80.3 Å². The summed E-state index contributed by atoms with van der Waals surface area (Å²) >= 11 is 0. The lowest BCUT2D eigenvalue weighted by Gasteiger charge is -2.19. The molecule has 0 aliphatic heterocycles. The summed E-state index contributed by atoms with van der Waals surface area (Å²) in [6.07, 6.45) is 2.81. The average molecular weight is 452 g/mol. The predicted octanol–water partition coefficient (Wildman–Crippen LogP) is 4.76. The van der Waals surface area contributed by atoms with Crippen molar-refractivity contribution in [3.8, 4) is 0 Å². The van der Waals surface area contributed by atoms with Crippen LogP contribution in [-0.2, 0) is 16.1 Å². The standard InChI is InChI=1S/C28H25N3O3/c32-26(20-34-27(22-9-3-1-4-10-22)23-11-5-2-6-12-23)30-19-21-8-7-13-25(18-21)31-28(33)24-14-16-29-17-15-24/h1-18,27H,19-20H2,(H,30,32)(H,31,33). The second-order valence-electron chi connectivity index (χ2n) is 7.68. The predicted molar refractivity (Wildman–Crippen MR) is 131 cm³/mol. The van der Waals surface area contributed by atoms with Crippen molar-refractivity contribution in [2.24, 2.45) is 0 Å². The van der Waals surface area contributed by atoms with Gasteiger partial charge in [0, 0.05) is 30.2 Å². The average Bonchev–Trinajstić information content (AvgIpc) is 2.89. The normalized spacial score (nSPS) is 10.6. The number of nitrogens with one attached hydrogen (secondary N) is 2. The Bertz CT molecular complexity index is 1180. The molecule has 0 aliphatic carbocycles. The van der Waals surface area contributed by atoms with E-state index in [4.69, 9.17) is 4.74 Å². The van der Waals surface area contributed by atoms with Gasteiger partial charge in [0.05, 0.1) is 0 Å². The highest BCUT2D eigenvalue weighted by Crippen LogP contribution is 2.25. The summed E-state index contributed by atoms with van der Waals surface area (Å²) in [5, 5.41) is 5.74. The molecule has 1 heterocycles. The van der Waals surface area contributed by atoms with Gasteiger partial charge in [-0.1, -0.05) is 72.8 Å². The number of ether oxygens (including phenoxy) is 1. The zero-order chi connectivity index (χ0) is 23.6. The Morgan fingerprint density at radius 1 is 0.794 bits per heavy atom. The summed E-state index contributed by atoms with van der Waals surface area (Å²) in [7, 11) is 0. The third kappa shape index (κ3) is 6.37. The van der Waals surface area contributed by atoms with Gasteiger partial charge in [0.1, 0.15) is 12.7 Å². The third-order valence-corrected chi connectivity index (χ3v) is 5.20. The summed E-state index contributed by atoms with van der Waals surface area (Å²) in [6, 6.07) is 30.3. The molecule has 0 atom stereocenters. The molecule has 0 unspecified atom stereocenters. The molecule has 2 N–H and O–H groups in total. The SMILES string of the molecule is O=C(COC(c1ccccc1)c1ccccc1)NCc1cccc(NC(=O)c2ccncc2)c1. The molecular weight excluding hydrogens is 426 g/mol. The second-order valence-corrected chi connectivity index (χ2v) is 7.68. The second kappa shape index (κ2) is 11.5. The van der Waals surface area contributed by atoms with Crippen LogP contribution in [0.4, 0.5) is 5.69 Å². The van der Waals surface area contributed by atoms with Crippen molar-refractivity contribution in [2.45, 2.75) is 12.6 Å². The van der Waals surface area contributed by atoms with Crippen molar-refractivity contribution in [3.05, 3.63) is 132 Å². The van der Waals surface area contributed by atoms with Crippen LogP contribution in [-0.4, -0.2) is 23.4 Å². The Kier molecular flexibility index (Phi) is 7.77. The molecule has 0 aliphatic rings. The number of carbonyl (C=O) groups is 2. The molecule has 0 fully saturated rings. The van der Waals surface area contributed by atoms with Crippen LogP contribution in [0.15, 0.2) is 109 Å². The number of rotatable bonds is 9. The number of hydrogen-bond acceptors (Lipinski definition) is 4. The summed E-state index contributed by atoms with van der Waals surface area (Å²) in [5.41, 5.74) is 4.01. The molecule has 3 aromatic carbocycles. The zero-order valence-corrected chi connectivity index (χ0v) is 18.6. The van der Waals surface area contributed by atoms with Crippen LogP contribution >= 0.6 is 0 Å². The van der Waals surface area contributed by atoms with Gasteiger partial charge in [0.25, 0.3) is 5.91 Å². The highest BCUT2D eigenvalue weighted by Gasteiger charge is 2.16. The van der Waals surface area contributed by atoms with Crippen molar-refractivity contribution in [2.75, 3.05) is 11.9 Å². The van der Waals surface area contributed by atoms with Gasteiger partial charge in [-0.3, -0.25) is 14.6 Å². The van der Waals surface area contributed by atoms with E-state index < -0.39 is 0 Å². The molecule has 0 saturated heterocycles. The lowest BCUT2D eigenvalue weighted by Crippen LogP contribution is -2.28. The third-order valence-electron chi connectivity index (χ3n) is 5.20. The van der Waals surface area contributed by atoms with Gasteiger partial charge in [0.2, 0.25) is 5.91 Å². The fraction of sp³-hybridized carbons (Fsp3) is 0.107. The van der Waals surface area contributed by atoms with Gasteiger partial charge >= 0.3 is 0 Å². The summed E-state index contributed by atoms with van der Waals surface area (Å²) in [5.74, 6) is -0.437. The smallest absolute Gasteiger partial charge is 0.255 e. The van der Waals surface area contributed by atoms with Crippen molar-refractivity contribution in [3.63, 3.8) is 0 Å². The maximum absolute atomic E-state index is 12.5. The van der Waals surface area contributed by atoms with Crippen molar-refractivity contribution >= 4 is 17.5 Å². The number of amides is 2. The van der Waals surface area contributed by atoms with E-state index in [2.05, 4.69) is 15.6 Å². The minimum Gasteiger partial charge on any atom is -0.359 e. The molecule has 1 aromatic heterocycles. The number of pyridine rings is 1. The summed E-state index contributed by atoms with van der Waals surface area (Å²) < 4.78 is 6.02. The molecule has 0 saturated carbocycles. The fourth-order valence-corrected chi connectivity index (χ4v) is 3.52. The van der Waals surface area contributed by atoms with Gasteiger partial charge in [-0.2, -0.15) is 0 Å². The molecule has 6 nitrogen and oxygen atoms in total. The van der Waals surface area contributed by atoms with Gasteiger partial charge in [-0.25, -0.2) is 0 Å². The zero-order valence-electron chi connectivity index (χ0n) is 18.6. The molecule has 0 spiro atoms. The van der Waals surface area contributed by atoms with Crippen LogP contribution in [0.1, 0.15) is 33.2 Å². The van der Waals surface area contributed by atoms with Gasteiger partial charge in [-0.15, -0.1) is 0 Å². The maximum Gasteiger partial charge on any atom is 0.255 e. The first kappa shape index (κ1) is 22.9. The van der Waals surface area contributed by atoms with Crippen LogP contribution in [0.5, 0.6) is 0 Å². The lowest BCUT2D eigenvalue weighted by atomic mass is 10.0. The van der Waals surface area contributed by atoms with E-state index >= 15 is 0 Å². The van der Waals surface area contributed by atoms with E-state index in [-0.39, 0.29) is 24.5 Å². The largest absolute Gasteiger partial charge is 0.359 e. The molecule has 34 heavy (non-hydrogen) atoms. The van der Waals surface area contributed by atoms with E-state index in [9.17, 15) is 9.59 Å². The van der Waals surface area contributed by atoms with E-state index in [1.54, 1.807) is 30.6 Å². The fourth-order valence-electron chi connectivity index (χ4n) is 3.52. The van der Waals surface area contributed by atoms with Crippen LogP contribution in [0, 0.1) is 0 Å². The van der Waals surface area contributed by atoms with Gasteiger partial charge in [0.15, 0.2) is 0 Å². The van der Waals surface area contributed by atoms with E-state index in [1.165, 1.54) is 0 Å². The lowest BCUT2D eigenvalue weighted by molar-refractivity contribution is -0.127. The quantitative estimate of drug-likeness (QED) is 0.385. The molecule has 4 aromatic rings. The first-order valence-corrected chi connectivity index (χ1v) is 11.0. The first-order chi connectivity index (χ1) is 16.7. The molecule has 0 radical (unpaired) electrons. The minimum atomic E-state index is -0.333. The monoisotopic (exact) mass is 451 g/mol.